The molecule has 0 saturated heterocycles. The number of thiocarbonyl (C=S) groups is 1. The molecule has 0 fully saturated rings. The van der Waals surface area contributed by atoms with E-state index >= 15 is 0 Å². The van der Waals surface area contributed by atoms with Crippen molar-refractivity contribution in [1.82, 2.24) is 10.6 Å². The third-order valence-electron chi connectivity index (χ3n) is 4.58. The second-order valence-corrected chi connectivity index (χ2v) is 6.85. The summed E-state index contributed by atoms with van der Waals surface area (Å²) in [6.07, 6.45) is 0. The molecule has 0 aliphatic carbocycles. The predicted octanol–water partition coefficient (Wildman–Crippen LogP) is 3.04. The van der Waals surface area contributed by atoms with Crippen LogP contribution >= 0.6 is 12.2 Å². The Bertz CT molecular complexity index is 1050. The van der Waals surface area contributed by atoms with Gasteiger partial charge in [0, 0.05) is 23.9 Å². The molecule has 3 N–H and O–H groups in total. The number of amides is 1. The van der Waals surface area contributed by atoms with E-state index in [9.17, 15) is 14.9 Å². The van der Waals surface area contributed by atoms with Crippen molar-refractivity contribution in [2.45, 2.75) is 13.0 Å². The highest BCUT2D eigenvalue weighted by Crippen LogP contribution is 2.33. The number of hydrogen-bond acceptors (Lipinski definition) is 6. The maximum absolute atomic E-state index is 13.2. The van der Waals surface area contributed by atoms with Gasteiger partial charge >= 0.3 is 0 Å². The Hall–Kier alpha value is -3.66. The van der Waals surface area contributed by atoms with Crippen molar-refractivity contribution >= 4 is 34.6 Å². The first kappa shape index (κ1) is 21.1. The minimum atomic E-state index is -0.671. The second-order valence-electron chi connectivity index (χ2n) is 6.44. The summed E-state index contributed by atoms with van der Waals surface area (Å²) in [5.41, 5.74) is 1.76. The van der Waals surface area contributed by atoms with Gasteiger partial charge in [-0.05, 0) is 36.8 Å². The molecule has 1 unspecified atom stereocenters. The number of methoxy groups -OCH3 is 2. The quantitative estimate of drug-likeness (QED) is 0.365. The molecule has 1 heterocycles. The Morgan fingerprint density at radius 2 is 1.97 bits per heavy atom. The summed E-state index contributed by atoms with van der Waals surface area (Å²) in [4.78, 5) is 23.9. The lowest BCUT2D eigenvalue weighted by Crippen LogP contribution is -2.45. The highest BCUT2D eigenvalue weighted by molar-refractivity contribution is 7.80. The van der Waals surface area contributed by atoms with Crippen LogP contribution < -0.4 is 25.4 Å². The van der Waals surface area contributed by atoms with Gasteiger partial charge < -0.3 is 25.4 Å². The highest BCUT2D eigenvalue weighted by Gasteiger charge is 2.31. The molecule has 1 aliphatic rings. The SMILES string of the molecule is COc1ccc(OC)c(NC(=O)C2=C(C)NC(=S)NC2c2cccc([N+](=O)[O-])c2)c1. The molecule has 9 nitrogen and oxygen atoms in total. The Morgan fingerprint density at radius 3 is 2.63 bits per heavy atom. The summed E-state index contributed by atoms with van der Waals surface area (Å²) in [6, 6.07) is 10.4. The van der Waals surface area contributed by atoms with Crippen LogP contribution in [0.15, 0.2) is 53.7 Å². The first-order valence-corrected chi connectivity index (χ1v) is 9.31. The standard InChI is InChI=1S/C20H20N4O5S/c1-11-17(19(25)22-15-10-14(28-2)7-8-16(15)29-3)18(23-20(30)21-11)12-5-4-6-13(9-12)24(26)27/h4-10,18H,1-3H3,(H,22,25)(H2,21,23,30). The van der Waals surface area contributed by atoms with E-state index in [1.54, 1.807) is 37.3 Å². The Morgan fingerprint density at radius 1 is 1.20 bits per heavy atom. The van der Waals surface area contributed by atoms with Crippen molar-refractivity contribution in [3.05, 3.63) is 69.4 Å². The van der Waals surface area contributed by atoms with E-state index in [0.717, 1.165) is 0 Å². The highest BCUT2D eigenvalue weighted by atomic mass is 32.1. The van der Waals surface area contributed by atoms with Gasteiger partial charge in [0.15, 0.2) is 5.11 Å². The Balaban J connectivity index is 2.00. The van der Waals surface area contributed by atoms with Crippen LogP contribution in [0.25, 0.3) is 0 Å². The van der Waals surface area contributed by atoms with Crippen molar-refractivity contribution in [3.8, 4) is 11.5 Å². The van der Waals surface area contributed by atoms with Gasteiger partial charge in [-0.2, -0.15) is 0 Å². The van der Waals surface area contributed by atoms with Crippen LogP contribution in [0.5, 0.6) is 11.5 Å². The van der Waals surface area contributed by atoms with Gasteiger partial charge in [0.1, 0.15) is 11.5 Å². The monoisotopic (exact) mass is 428 g/mol. The van der Waals surface area contributed by atoms with Gasteiger partial charge in [0.05, 0.1) is 36.4 Å². The number of nitrogens with zero attached hydrogens (tertiary/aromatic N) is 1. The number of hydrogen-bond donors (Lipinski definition) is 3. The lowest BCUT2D eigenvalue weighted by molar-refractivity contribution is -0.384. The molecule has 1 atom stereocenters. The van der Waals surface area contributed by atoms with Crippen LogP contribution in [0.1, 0.15) is 18.5 Å². The molecule has 2 aromatic rings. The summed E-state index contributed by atoms with van der Waals surface area (Å²) in [5, 5.41) is 20.3. The van der Waals surface area contributed by atoms with Crippen LogP contribution in [0.2, 0.25) is 0 Å². The van der Waals surface area contributed by atoms with Crippen molar-refractivity contribution in [1.29, 1.82) is 0 Å². The van der Waals surface area contributed by atoms with Crippen molar-refractivity contribution in [3.63, 3.8) is 0 Å². The minimum Gasteiger partial charge on any atom is -0.497 e. The van der Waals surface area contributed by atoms with Crippen LogP contribution in [-0.4, -0.2) is 30.2 Å². The van der Waals surface area contributed by atoms with Crippen LogP contribution in [-0.2, 0) is 4.79 Å². The van der Waals surface area contributed by atoms with E-state index in [-0.39, 0.29) is 5.69 Å². The molecular formula is C20H20N4O5S. The van der Waals surface area contributed by atoms with Crippen LogP contribution in [0.4, 0.5) is 11.4 Å². The first-order chi connectivity index (χ1) is 14.3. The molecule has 1 aliphatic heterocycles. The maximum atomic E-state index is 13.2. The maximum Gasteiger partial charge on any atom is 0.269 e. The summed E-state index contributed by atoms with van der Waals surface area (Å²) in [6.45, 7) is 1.72. The van der Waals surface area contributed by atoms with E-state index in [2.05, 4.69) is 16.0 Å². The zero-order valence-corrected chi connectivity index (χ0v) is 17.3. The van der Waals surface area contributed by atoms with Gasteiger partial charge in [-0.15, -0.1) is 0 Å². The zero-order valence-electron chi connectivity index (χ0n) is 16.5. The summed E-state index contributed by atoms with van der Waals surface area (Å²) >= 11 is 5.23. The van der Waals surface area contributed by atoms with Crippen LogP contribution in [0.3, 0.4) is 0 Å². The minimum absolute atomic E-state index is 0.0781. The fourth-order valence-corrected chi connectivity index (χ4v) is 3.44. The largest absolute Gasteiger partial charge is 0.497 e. The summed E-state index contributed by atoms with van der Waals surface area (Å²) in [5.74, 6) is 0.590. The van der Waals surface area contributed by atoms with Gasteiger partial charge in [0.25, 0.3) is 11.6 Å². The third kappa shape index (κ3) is 4.33. The van der Waals surface area contributed by atoms with E-state index in [1.165, 1.54) is 26.4 Å². The second kappa shape index (κ2) is 8.78. The van der Waals surface area contributed by atoms with E-state index in [0.29, 0.717) is 39.1 Å². The molecule has 0 aromatic heterocycles. The predicted molar refractivity (Wildman–Crippen MR) is 116 cm³/mol. The fraction of sp³-hybridized carbons (Fsp3) is 0.200. The molecule has 0 bridgehead atoms. The summed E-state index contributed by atoms with van der Waals surface area (Å²) in [7, 11) is 3.02. The number of benzene rings is 2. The Labute approximate surface area is 178 Å². The van der Waals surface area contributed by atoms with Gasteiger partial charge in [-0.25, -0.2) is 0 Å². The number of non-ortho nitro benzene ring substituents is 1. The Kier molecular flexibility index (Phi) is 6.17. The third-order valence-corrected chi connectivity index (χ3v) is 4.80. The molecule has 2 aromatic carbocycles. The fourth-order valence-electron chi connectivity index (χ4n) is 3.16. The van der Waals surface area contributed by atoms with E-state index in [1.807, 2.05) is 0 Å². The average Bonchev–Trinajstić information content (AvgIpc) is 2.73. The topological polar surface area (TPSA) is 115 Å². The normalized spacial score (nSPS) is 15.7. The number of nitro benzene ring substituents is 1. The number of nitrogens with one attached hydrogen (secondary N) is 3. The molecule has 1 amide bonds. The van der Waals surface area contributed by atoms with Crippen molar-refractivity contribution in [2.75, 3.05) is 19.5 Å². The molecule has 10 heteroatoms. The van der Waals surface area contributed by atoms with E-state index < -0.39 is 16.9 Å². The number of ether oxygens (including phenoxy) is 2. The molecule has 0 spiro atoms. The van der Waals surface area contributed by atoms with Crippen LogP contribution in [0, 0.1) is 10.1 Å². The molecule has 30 heavy (non-hydrogen) atoms. The lowest BCUT2D eigenvalue weighted by Gasteiger charge is -2.30. The number of carbonyl (C=O) groups is 1. The van der Waals surface area contributed by atoms with Gasteiger partial charge in [-0.1, -0.05) is 12.1 Å². The number of carbonyl (C=O) groups excluding carboxylic acids is 1. The number of nitro groups is 1. The summed E-state index contributed by atoms with van der Waals surface area (Å²) < 4.78 is 10.5. The molecule has 156 valence electrons. The van der Waals surface area contributed by atoms with Crippen molar-refractivity contribution in [2.24, 2.45) is 0 Å². The van der Waals surface area contributed by atoms with Gasteiger partial charge in [-0.3, -0.25) is 14.9 Å². The number of allylic oxidation sites excluding steroid dienone is 1. The lowest BCUT2D eigenvalue weighted by atomic mass is 9.94. The molecule has 0 saturated carbocycles. The number of rotatable bonds is 6. The first-order valence-electron chi connectivity index (χ1n) is 8.90. The smallest absolute Gasteiger partial charge is 0.269 e. The average molecular weight is 428 g/mol. The van der Waals surface area contributed by atoms with Gasteiger partial charge in [0.2, 0.25) is 0 Å². The van der Waals surface area contributed by atoms with E-state index in [4.69, 9.17) is 21.7 Å². The van der Waals surface area contributed by atoms with Crippen molar-refractivity contribution < 1.29 is 19.2 Å². The number of anilines is 1. The zero-order chi connectivity index (χ0) is 21.8. The molecular weight excluding hydrogens is 408 g/mol. The molecule has 0 radical (unpaired) electrons. The molecule has 3 rings (SSSR count).